The second-order valence-electron chi connectivity index (χ2n) is 15.0. The fraction of sp³-hybridized carbons (Fsp3) is 0.564. The van der Waals surface area contributed by atoms with E-state index in [0.717, 1.165) is 33.4 Å². The number of nitriles is 1. The summed E-state index contributed by atoms with van der Waals surface area (Å²) in [5.74, 6) is 2.63. The first-order valence-electron chi connectivity index (χ1n) is 17.9. The Labute approximate surface area is 311 Å². The third-order valence-electron chi connectivity index (χ3n) is 10.5. The molecular formula is C39H51N5O9. The average Bonchev–Trinajstić information content (AvgIpc) is 3.59. The molecule has 2 bridgehead atoms. The van der Waals surface area contributed by atoms with Crippen LogP contribution in [-0.2, 0) is 27.1 Å². The van der Waals surface area contributed by atoms with Crippen LogP contribution in [0.1, 0.15) is 73.2 Å². The lowest BCUT2D eigenvalue weighted by atomic mass is 9.71. The van der Waals surface area contributed by atoms with Crippen LogP contribution in [0.5, 0.6) is 28.7 Å². The maximum absolute atomic E-state index is 13.7. The van der Waals surface area contributed by atoms with Crippen molar-refractivity contribution in [1.29, 1.82) is 5.26 Å². The maximum atomic E-state index is 13.7. The molecule has 6 atom stereocenters. The van der Waals surface area contributed by atoms with Gasteiger partial charge in [-0.05, 0) is 72.6 Å². The third-order valence-corrected chi connectivity index (χ3v) is 10.5. The number of aryl methyl sites for hydroxylation is 1. The number of piperazine rings is 1. The molecule has 2 unspecified atom stereocenters. The number of carbonyl (C=O) groups is 2. The molecule has 2 aromatic carbocycles. The normalized spacial score (nSPS) is 23.4. The molecule has 1 saturated heterocycles. The van der Waals surface area contributed by atoms with Gasteiger partial charge in [0.05, 0.1) is 25.3 Å². The van der Waals surface area contributed by atoms with Crippen LogP contribution in [-0.4, -0.2) is 99.6 Å². The van der Waals surface area contributed by atoms with E-state index < -0.39 is 35.7 Å². The van der Waals surface area contributed by atoms with E-state index in [0.29, 0.717) is 41.6 Å². The molecule has 0 aliphatic carbocycles. The summed E-state index contributed by atoms with van der Waals surface area (Å²) in [7, 11) is 5.27. The summed E-state index contributed by atoms with van der Waals surface area (Å²) in [6, 6.07) is 2.01. The topological polar surface area (TPSA) is 153 Å². The highest BCUT2D eigenvalue weighted by atomic mass is 16.7. The highest BCUT2D eigenvalue weighted by Gasteiger charge is 2.57. The van der Waals surface area contributed by atoms with E-state index in [1.807, 2.05) is 13.8 Å². The second-order valence-corrected chi connectivity index (χ2v) is 15.0. The number of nitrogens with zero attached hydrogens (tertiary/aromatic N) is 3. The molecule has 4 aliphatic rings. The Kier molecular flexibility index (Phi) is 10.7. The van der Waals surface area contributed by atoms with Crippen LogP contribution in [0.2, 0.25) is 0 Å². The molecule has 6 rings (SSSR count). The van der Waals surface area contributed by atoms with Gasteiger partial charge in [-0.15, -0.1) is 0 Å². The number of nitrogens with one attached hydrogen (secondary N) is 2. The molecule has 4 heterocycles. The molecule has 1 fully saturated rings. The average molecular weight is 734 g/mol. The predicted molar refractivity (Wildman–Crippen MR) is 195 cm³/mol. The Morgan fingerprint density at radius 3 is 2.49 bits per heavy atom. The van der Waals surface area contributed by atoms with Gasteiger partial charge in [0, 0.05) is 48.0 Å². The second kappa shape index (κ2) is 15.0. The lowest BCUT2D eigenvalue weighted by Gasteiger charge is -2.60. The Morgan fingerprint density at radius 2 is 1.83 bits per heavy atom. The highest BCUT2D eigenvalue weighted by molar-refractivity contribution is 5.85. The van der Waals surface area contributed by atoms with Gasteiger partial charge in [0.25, 0.3) is 0 Å². The van der Waals surface area contributed by atoms with E-state index >= 15 is 0 Å². The summed E-state index contributed by atoms with van der Waals surface area (Å²) in [4.78, 5) is 30.7. The van der Waals surface area contributed by atoms with Gasteiger partial charge < -0.3 is 43.8 Å². The zero-order valence-electron chi connectivity index (χ0n) is 32.1. The Hall–Kier alpha value is -4.71. The van der Waals surface area contributed by atoms with Gasteiger partial charge >= 0.3 is 6.09 Å². The fourth-order valence-electron chi connectivity index (χ4n) is 8.50. The van der Waals surface area contributed by atoms with Gasteiger partial charge in [-0.25, -0.2) is 4.79 Å². The number of hydrogen-bond donors (Lipinski definition) is 2. The number of fused-ring (bicyclic) bond motifs is 9. The number of likely N-dealkylation sites (N-methyl/N-ethyl adjacent to an activating group) is 1. The van der Waals surface area contributed by atoms with Crippen molar-refractivity contribution in [2.45, 2.75) is 96.2 Å². The van der Waals surface area contributed by atoms with Crippen LogP contribution in [0, 0.1) is 25.2 Å². The van der Waals surface area contributed by atoms with Crippen molar-refractivity contribution in [3.05, 3.63) is 52.1 Å². The van der Waals surface area contributed by atoms with Gasteiger partial charge in [0.15, 0.2) is 29.8 Å². The standard InChI is InChI=1S/C39H51N5O9/c1-11-12-49-33-21(3)34-36(52-19-51-34)30-24(33)15-26-31-29-23(13-20(2)32(48-10)35(29)50-18-47-9)14-25(43(31)8)27(16-40)44(26)28(30)17-41-37(45)22(4)42-38(46)53-39(5,6)7/h11,13,22,25-28,31H,1,12,14-15,17-19H2,2-10H3,(H,41,45)(H,42,46)/t22-,25+,26?,27?,28+,31+/m1/s1. The van der Waals surface area contributed by atoms with E-state index in [1.54, 1.807) is 48.0 Å². The number of alkyl carbamates (subject to hydrolysis) is 1. The van der Waals surface area contributed by atoms with Crippen LogP contribution >= 0.6 is 0 Å². The molecule has 286 valence electrons. The molecule has 2 amide bonds. The number of hydrogen-bond acceptors (Lipinski definition) is 12. The largest absolute Gasteiger partial charge is 0.493 e. The summed E-state index contributed by atoms with van der Waals surface area (Å²) < 4.78 is 41.6. The minimum atomic E-state index is -0.903. The van der Waals surface area contributed by atoms with Gasteiger partial charge in [-0.1, -0.05) is 18.7 Å². The van der Waals surface area contributed by atoms with Gasteiger partial charge in [-0.2, -0.15) is 5.26 Å². The predicted octanol–water partition coefficient (Wildman–Crippen LogP) is 4.39. The van der Waals surface area contributed by atoms with Crippen LogP contribution in [0.25, 0.3) is 0 Å². The monoisotopic (exact) mass is 733 g/mol. The molecule has 2 aromatic rings. The molecule has 53 heavy (non-hydrogen) atoms. The molecule has 14 heteroatoms. The van der Waals surface area contributed by atoms with Crippen molar-refractivity contribution in [3.8, 4) is 34.8 Å². The van der Waals surface area contributed by atoms with Crippen molar-refractivity contribution < 1.29 is 42.7 Å². The fourth-order valence-corrected chi connectivity index (χ4v) is 8.50. The first kappa shape index (κ1) is 38.0. The van der Waals surface area contributed by atoms with E-state index in [1.165, 1.54) is 0 Å². The lowest BCUT2D eigenvalue weighted by Crippen LogP contribution is -2.69. The van der Waals surface area contributed by atoms with Crippen molar-refractivity contribution in [1.82, 2.24) is 20.4 Å². The first-order valence-corrected chi connectivity index (χ1v) is 17.9. The molecule has 2 N–H and O–H groups in total. The van der Waals surface area contributed by atoms with E-state index in [2.05, 4.69) is 46.2 Å². The van der Waals surface area contributed by atoms with Crippen molar-refractivity contribution in [2.75, 3.05) is 48.0 Å². The number of rotatable bonds is 11. The quantitative estimate of drug-likeness (QED) is 0.249. The SMILES string of the molecule is C=CCOc1c(C)c2c(c3c1CC1[C@H]4c5c(cc(C)c(OC)c5OCOC)C[C@@H](C(C#N)N1[C@H]3CNC(=O)[C@@H](C)NC(=O)OC(C)(C)C)N4C)OCO2. The van der Waals surface area contributed by atoms with E-state index in [9.17, 15) is 14.9 Å². The van der Waals surface area contributed by atoms with Gasteiger partial charge in [-0.3, -0.25) is 14.6 Å². The number of benzene rings is 2. The summed E-state index contributed by atoms with van der Waals surface area (Å²) in [5.41, 5.74) is 4.77. The van der Waals surface area contributed by atoms with E-state index in [-0.39, 0.29) is 44.9 Å². The zero-order chi connectivity index (χ0) is 38.4. The number of carbonyl (C=O) groups excluding carboxylic acids is 2. The van der Waals surface area contributed by atoms with Gasteiger partial charge in [0.1, 0.15) is 30.0 Å². The van der Waals surface area contributed by atoms with E-state index in [4.69, 9.17) is 33.2 Å². The third kappa shape index (κ3) is 6.82. The van der Waals surface area contributed by atoms with Gasteiger partial charge in [0.2, 0.25) is 12.7 Å². The van der Waals surface area contributed by atoms with Crippen LogP contribution in [0.15, 0.2) is 18.7 Å². The molecule has 0 spiro atoms. The molecular weight excluding hydrogens is 682 g/mol. The molecule has 0 saturated carbocycles. The van der Waals surface area contributed by atoms with Crippen LogP contribution < -0.4 is 34.3 Å². The summed E-state index contributed by atoms with van der Waals surface area (Å²) in [5, 5.41) is 16.7. The first-order chi connectivity index (χ1) is 25.3. The maximum Gasteiger partial charge on any atom is 0.408 e. The molecule has 0 radical (unpaired) electrons. The molecule has 4 aliphatic heterocycles. The highest BCUT2D eigenvalue weighted by Crippen LogP contribution is 2.58. The minimum absolute atomic E-state index is 0.0231. The number of amides is 2. The Bertz CT molecular complexity index is 1820. The van der Waals surface area contributed by atoms with Crippen LogP contribution in [0.4, 0.5) is 4.79 Å². The number of ether oxygens (including phenoxy) is 7. The van der Waals surface area contributed by atoms with Crippen molar-refractivity contribution in [3.63, 3.8) is 0 Å². The summed E-state index contributed by atoms with van der Waals surface area (Å²) in [6.07, 6.45) is 2.07. The Balaban J connectivity index is 1.50. The summed E-state index contributed by atoms with van der Waals surface area (Å²) in [6.45, 7) is 15.1. The zero-order valence-corrected chi connectivity index (χ0v) is 32.1. The molecule has 14 nitrogen and oxygen atoms in total. The van der Waals surface area contributed by atoms with Crippen molar-refractivity contribution >= 4 is 12.0 Å². The minimum Gasteiger partial charge on any atom is -0.493 e. The summed E-state index contributed by atoms with van der Waals surface area (Å²) >= 11 is 0. The smallest absolute Gasteiger partial charge is 0.408 e. The van der Waals surface area contributed by atoms with Crippen LogP contribution in [0.3, 0.4) is 0 Å². The van der Waals surface area contributed by atoms with Crippen molar-refractivity contribution in [2.24, 2.45) is 0 Å². The Morgan fingerprint density at radius 1 is 1.09 bits per heavy atom. The molecule has 0 aromatic heterocycles. The number of methoxy groups -OCH3 is 2. The lowest BCUT2D eigenvalue weighted by molar-refractivity contribution is -0.123.